The summed E-state index contributed by atoms with van der Waals surface area (Å²) in [4.78, 5) is 4.49. The van der Waals surface area contributed by atoms with Crippen molar-refractivity contribution in [2.75, 3.05) is 13.2 Å². The molecule has 5 nitrogen and oxygen atoms in total. The Labute approximate surface area is 116 Å². The van der Waals surface area contributed by atoms with Crippen molar-refractivity contribution in [3.05, 3.63) is 11.7 Å². The highest BCUT2D eigenvalue weighted by Crippen LogP contribution is 2.22. The van der Waals surface area contributed by atoms with Crippen LogP contribution in [0.3, 0.4) is 0 Å². The largest absolute Gasteiger partial charge is 0.370 e. The number of ether oxygens (including phenoxy) is 1. The number of rotatable bonds is 9. The first-order chi connectivity index (χ1) is 9.13. The Morgan fingerprint density at radius 2 is 2.00 bits per heavy atom. The fraction of sp³-hybridized carbons (Fsp3) is 0.857. The molecule has 0 spiro atoms. The van der Waals surface area contributed by atoms with Crippen LogP contribution in [0.5, 0.6) is 0 Å². The van der Waals surface area contributed by atoms with E-state index in [4.69, 9.17) is 9.26 Å². The van der Waals surface area contributed by atoms with E-state index >= 15 is 0 Å². The Balaban J connectivity index is 2.66. The molecule has 110 valence electrons. The summed E-state index contributed by atoms with van der Waals surface area (Å²) in [7, 11) is 0. The molecule has 5 heteroatoms. The minimum absolute atomic E-state index is 0.0615. The average Bonchev–Trinajstić information content (AvgIpc) is 2.90. The maximum atomic E-state index is 5.60. The van der Waals surface area contributed by atoms with Gasteiger partial charge in [0.15, 0.2) is 0 Å². The molecule has 0 amide bonds. The smallest absolute Gasteiger partial charge is 0.231 e. The van der Waals surface area contributed by atoms with Crippen LogP contribution in [0.25, 0.3) is 0 Å². The maximum absolute atomic E-state index is 5.60. The van der Waals surface area contributed by atoms with E-state index in [0.29, 0.717) is 24.4 Å². The first-order valence-corrected chi connectivity index (χ1v) is 7.32. The van der Waals surface area contributed by atoms with E-state index in [1.807, 2.05) is 6.92 Å². The molecular formula is C14H27N3O2. The summed E-state index contributed by atoms with van der Waals surface area (Å²) >= 11 is 0. The minimum atomic E-state index is -0.0615. The summed E-state index contributed by atoms with van der Waals surface area (Å²) in [6, 6.07) is 0.320. The average molecular weight is 269 g/mol. The van der Waals surface area contributed by atoms with Gasteiger partial charge in [0.2, 0.25) is 11.7 Å². The first-order valence-electron chi connectivity index (χ1n) is 7.32. The van der Waals surface area contributed by atoms with E-state index in [1.165, 1.54) is 0 Å². The van der Waals surface area contributed by atoms with E-state index in [9.17, 15) is 0 Å². The van der Waals surface area contributed by atoms with E-state index in [0.717, 1.165) is 19.4 Å². The van der Waals surface area contributed by atoms with E-state index < -0.39 is 0 Å². The molecule has 0 fully saturated rings. The van der Waals surface area contributed by atoms with Crippen molar-refractivity contribution in [1.82, 2.24) is 15.5 Å². The number of nitrogens with zero attached hydrogens (tertiary/aromatic N) is 2. The van der Waals surface area contributed by atoms with Crippen LogP contribution in [-0.2, 0) is 4.74 Å². The highest BCUT2D eigenvalue weighted by Gasteiger charge is 2.23. The highest BCUT2D eigenvalue weighted by atomic mass is 16.5. The zero-order valence-corrected chi connectivity index (χ0v) is 12.8. The van der Waals surface area contributed by atoms with Gasteiger partial charge in [0, 0.05) is 12.6 Å². The zero-order valence-electron chi connectivity index (χ0n) is 12.8. The molecular weight excluding hydrogens is 242 g/mol. The van der Waals surface area contributed by atoms with Crippen LogP contribution < -0.4 is 5.32 Å². The second-order valence-electron chi connectivity index (χ2n) is 4.87. The molecule has 1 aromatic heterocycles. The van der Waals surface area contributed by atoms with Gasteiger partial charge in [0.25, 0.3) is 0 Å². The summed E-state index contributed by atoms with van der Waals surface area (Å²) in [6.07, 6.45) is 1.91. The van der Waals surface area contributed by atoms with Crippen LogP contribution in [0.4, 0.5) is 0 Å². The Morgan fingerprint density at radius 1 is 1.26 bits per heavy atom. The third kappa shape index (κ3) is 4.58. The van der Waals surface area contributed by atoms with Crippen molar-refractivity contribution in [2.45, 2.75) is 65.5 Å². The van der Waals surface area contributed by atoms with Crippen molar-refractivity contribution in [1.29, 1.82) is 0 Å². The van der Waals surface area contributed by atoms with Crippen LogP contribution in [-0.4, -0.2) is 29.3 Å². The van der Waals surface area contributed by atoms with Crippen LogP contribution in [0.15, 0.2) is 4.52 Å². The van der Waals surface area contributed by atoms with Crippen LogP contribution in [0.2, 0.25) is 0 Å². The highest BCUT2D eigenvalue weighted by molar-refractivity contribution is 4.98. The first kappa shape index (κ1) is 16.1. The van der Waals surface area contributed by atoms with Crippen molar-refractivity contribution in [2.24, 2.45) is 0 Å². The monoisotopic (exact) mass is 269 g/mol. The Morgan fingerprint density at radius 3 is 2.58 bits per heavy atom. The SMILES string of the molecule is CCCNC(C)C(C)c1nc(C(CC)OCC)no1. The maximum Gasteiger partial charge on any atom is 0.231 e. The lowest BCUT2D eigenvalue weighted by Crippen LogP contribution is -2.31. The summed E-state index contributed by atoms with van der Waals surface area (Å²) in [5, 5.41) is 7.50. The van der Waals surface area contributed by atoms with Gasteiger partial charge in [-0.2, -0.15) is 4.98 Å². The van der Waals surface area contributed by atoms with Crippen LogP contribution >= 0.6 is 0 Å². The minimum Gasteiger partial charge on any atom is -0.370 e. The Bertz CT molecular complexity index is 354. The normalized spacial score (nSPS) is 16.3. The van der Waals surface area contributed by atoms with Gasteiger partial charge < -0.3 is 14.6 Å². The van der Waals surface area contributed by atoms with Gasteiger partial charge in [0.05, 0.1) is 5.92 Å². The van der Waals surface area contributed by atoms with Gasteiger partial charge in [-0.25, -0.2) is 0 Å². The van der Waals surface area contributed by atoms with E-state index in [-0.39, 0.29) is 12.0 Å². The molecule has 19 heavy (non-hydrogen) atoms. The number of hydrogen-bond donors (Lipinski definition) is 1. The topological polar surface area (TPSA) is 60.2 Å². The van der Waals surface area contributed by atoms with Crippen molar-refractivity contribution in [3.63, 3.8) is 0 Å². The summed E-state index contributed by atoms with van der Waals surface area (Å²) in [5.74, 6) is 1.55. The molecule has 0 radical (unpaired) electrons. The fourth-order valence-corrected chi connectivity index (χ4v) is 1.90. The molecule has 1 rings (SSSR count). The quantitative estimate of drug-likeness (QED) is 0.746. The van der Waals surface area contributed by atoms with Crippen molar-refractivity contribution < 1.29 is 9.26 Å². The predicted molar refractivity (Wildman–Crippen MR) is 75.1 cm³/mol. The third-order valence-electron chi connectivity index (χ3n) is 3.34. The summed E-state index contributed by atoms with van der Waals surface area (Å²) in [5.41, 5.74) is 0. The van der Waals surface area contributed by atoms with Crippen LogP contribution in [0.1, 0.15) is 71.2 Å². The van der Waals surface area contributed by atoms with E-state index in [2.05, 4.69) is 43.2 Å². The van der Waals surface area contributed by atoms with Crippen molar-refractivity contribution >= 4 is 0 Å². The van der Waals surface area contributed by atoms with Gasteiger partial charge >= 0.3 is 0 Å². The van der Waals surface area contributed by atoms with Gasteiger partial charge in [-0.1, -0.05) is 25.9 Å². The lowest BCUT2D eigenvalue weighted by Gasteiger charge is -2.17. The Hall–Kier alpha value is -0.940. The van der Waals surface area contributed by atoms with Gasteiger partial charge in [-0.15, -0.1) is 0 Å². The lowest BCUT2D eigenvalue weighted by atomic mass is 10.0. The molecule has 1 heterocycles. The molecule has 0 aromatic carbocycles. The summed E-state index contributed by atoms with van der Waals surface area (Å²) in [6.45, 7) is 12.1. The van der Waals surface area contributed by atoms with Crippen LogP contribution in [0, 0.1) is 0 Å². The standard InChI is InChI=1S/C14H27N3O2/c1-6-9-15-11(5)10(4)14-16-13(17-19-14)12(7-2)18-8-3/h10-12,15H,6-9H2,1-5H3. The van der Waals surface area contributed by atoms with E-state index in [1.54, 1.807) is 0 Å². The molecule has 0 aliphatic carbocycles. The fourth-order valence-electron chi connectivity index (χ4n) is 1.90. The molecule has 3 unspecified atom stereocenters. The second kappa shape index (κ2) is 8.27. The van der Waals surface area contributed by atoms with Crippen molar-refractivity contribution in [3.8, 4) is 0 Å². The molecule has 1 aromatic rings. The molecule has 0 saturated heterocycles. The molecule has 0 saturated carbocycles. The molecule has 0 aliphatic heterocycles. The van der Waals surface area contributed by atoms with Gasteiger partial charge in [0.1, 0.15) is 6.10 Å². The molecule has 0 aliphatic rings. The second-order valence-corrected chi connectivity index (χ2v) is 4.87. The Kier molecular flexibility index (Phi) is 7.02. The molecule has 0 bridgehead atoms. The number of aromatic nitrogens is 2. The third-order valence-corrected chi connectivity index (χ3v) is 3.34. The lowest BCUT2D eigenvalue weighted by molar-refractivity contribution is 0.0518. The zero-order chi connectivity index (χ0) is 14.3. The number of hydrogen-bond acceptors (Lipinski definition) is 5. The van der Waals surface area contributed by atoms with Gasteiger partial charge in [-0.3, -0.25) is 0 Å². The molecule has 1 N–H and O–H groups in total. The summed E-state index contributed by atoms with van der Waals surface area (Å²) < 4.78 is 11.0. The van der Waals surface area contributed by atoms with Gasteiger partial charge in [-0.05, 0) is 33.2 Å². The number of nitrogens with one attached hydrogen (secondary N) is 1. The predicted octanol–water partition coefficient (Wildman–Crippen LogP) is 3.05. The molecule has 3 atom stereocenters.